The molecular weight excluding hydrogens is 402 g/mol. The number of hydrogen-bond acceptors (Lipinski definition) is 7. The predicted octanol–water partition coefficient (Wildman–Crippen LogP) is 4.21. The van der Waals surface area contributed by atoms with Crippen LogP contribution in [0.3, 0.4) is 0 Å². The average Bonchev–Trinajstić information content (AvgIpc) is 3.23. The fourth-order valence-corrected chi connectivity index (χ4v) is 4.47. The number of likely N-dealkylation sites (N-methyl/N-ethyl adjacent to an activating group) is 1. The van der Waals surface area contributed by atoms with Crippen molar-refractivity contribution in [1.29, 1.82) is 0 Å². The number of anilines is 3. The van der Waals surface area contributed by atoms with Crippen LogP contribution in [0, 0.1) is 5.41 Å². The quantitative estimate of drug-likeness (QED) is 0.603. The first-order chi connectivity index (χ1) is 15.5. The van der Waals surface area contributed by atoms with Gasteiger partial charge in [-0.2, -0.15) is 0 Å². The van der Waals surface area contributed by atoms with Gasteiger partial charge in [0.1, 0.15) is 5.75 Å². The lowest BCUT2D eigenvalue weighted by Crippen LogP contribution is -2.26. The first-order valence-corrected chi connectivity index (χ1v) is 11.3. The van der Waals surface area contributed by atoms with Crippen LogP contribution in [0.25, 0.3) is 10.9 Å². The maximum absolute atomic E-state index is 5.66. The fraction of sp³-hybridized carbons (Fsp3) is 0.440. The van der Waals surface area contributed by atoms with Crippen LogP contribution in [0.4, 0.5) is 17.3 Å². The number of ether oxygens (including phenoxy) is 2. The molecule has 1 atom stereocenters. The summed E-state index contributed by atoms with van der Waals surface area (Å²) in [6.07, 6.45) is 3.98. The van der Waals surface area contributed by atoms with E-state index in [1.165, 1.54) is 11.1 Å². The van der Waals surface area contributed by atoms with Crippen molar-refractivity contribution in [2.75, 3.05) is 51.1 Å². The van der Waals surface area contributed by atoms with Crippen LogP contribution in [0.5, 0.6) is 5.75 Å². The standard InChI is InChI=1S/C25H31N5O2/c1-25(7-9-32-16-25)15-27-20-5-4-18-13-26-24(28-21(18)12-20)29-22-10-19-14-30(2)8-6-17(19)11-23(22)31-3/h4-5,10-13,27H,6-9,14-16H2,1-3H3,(H,26,28,29)/t25-/m0/s1. The van der Waals surface area contributed by atoms with Gasteiger partial charge < -0.3 is 25.0 Å². The van der Waals surface area contributed by atoms with Gasteiger partial charge >= 0.3 is 0 Å². The lowest BCUT2D eigenvalue weighted by atomic mass is 9.90. The fourth-order valence-electron chi connectivity index (χ4n) is 4.47. The molecule has 3 aromatic rings. The number of nitrogens with one attached hydrogen (secondary N) is 2. The summed E-state index contributed by atoms with van der Waals surface area (Å²) < 4.78 is 11.2. The first kappa shape index (κ1) is 21.0. The van der Waals surface area contributed by atoms with E-state index in [0.29, 0.717) is 5.95 Å². The molecule has 2 N–H and O–H groups in total. The molecule has 0 radical (unpaired) electrons. The highest BCUT2D eigenvalue weighted by Crippen LogP contribution is 2.33. The third-order valence-corrected chi connectivity index (χ3v) is 6.57. The third kappa shape index (κ3) is 4.36. The van der Waals surface area contributed by atoms with Crippen molar-refractivity contribution in [1.82, 2.24) is 14.9 Å². The summed E-state index contributed by atoms with van der Waals surface area (Å²) in [5, 5.41) is 7.95. The molecule has 2 aliphatic rings. The summed E-state index contributed by atoms with van der Waals surface area (Å²) in [7, 11) is 3.86. The van der Waals surface area contributed by atoms with E-state index >= 15 is 0 Å². The van der Waals surface area contributed by atoms with E-state index < -0.39 is 0 Å². The molecule has 3 heterocycles. The van der Waals surface area contributed by atoms with Gasteiger partial charge in [0.15, 0.2) is 0 Å². The molecule has 1 fully saturated rings. The molecule has 0 amide bonds. The lowest BCUT2D eigenvalue weighted by molar-refractivity contribution is 0.164. The average molecular weight is 434 g/mol. The Morgan fingerprint density at radius 1 is 1.22 bits per heavy atom. The molecule has 1 aromatic heterocycles. The topological polar surface area (TPSA) is 71.5 Å². The zero-order valence-electron chi connectivity index (χ0n) is 19.1. The van der Waals surface area contributed by atoms with Crippen LogP contribution in [-0.4, -0.2) is 55.3 Å². The summed E-state index contributed by atoms with van der Waals surface area (Å²) in [5.74, 6) is 1.38. The molecule has 1 saturated heterocycles. The number of hydrogen-bond donors (Lipinski definition) is 2. The number of nitrogens with zero attached hydrogens (tertiary/aromatic N) is 3. The minimum absolute atomic E-state index is 0.185. The third-order valence-electron chi connectivity index (χ3n) is 6.57. The van der Waals surface area contributed by atoms with E-state index in [0.717, 1.165) is 73.7 Å². The number of fused-ring (bicyclic) bond motifs is 2. The van der Waals surface area contributed by atoms with Crippen molar-refractivity contribution >= 4 is 28.2 Å². The van der Waals surface area contributed by atoms with Crippen molar-refractivity contribution in [2.24, 2.45) is 5.41 Å². The Balaban J connectivity index is 1.38. The number of rotatable bonds is 6. The highest BCUT2D eigenvalue weighted by atomic mass is 16.5. The van der Waals surface area contributed by atoms with Gasteiger partial charge in [0.2, 0.25) is 5.95 Å². The molecule has 0 bridgehead atoms. The van der Waals surface area contributed by atoms with Crippen molar-refractivity contribution < 1.29 is 9.47 Å². The van der Waals surface area contributed by atoms with Gasteiger partial charge in [-0.25, -0.2) is 9.97 Å². The smallest absolute Gasteiger partial charge is 0.227 e. The minimum atomic E-state index is 0.185. The molecule has 32 heavy (non-hydrogen) atoms. The van der Waals surface area contributed by atoms with E-state index in [1.807, 2.05) is 6.20 Å². The molecule has 0 unspecified atom stereocenters. The summed E-state index contributed by atoms with van der Waals surface area (Å²) in [6, 6.07) is 10.5. The van der Waals surface area contributed by atoms with Gasteiger partial charge in [0.25, 0.3) is 0 Å². The van der Waals surface area contributed by atoms with Gasteiger partial charge in [-0.3, -0.25) is 0 Å². The SMILES string of the molecule is COc1cc2c(cc1Nc1ncc3ccc(NC[C@]4(C)CCOC4)cc3n1)CN(C)CC2. The largest absolute Gasteiger partial charge is 0.495 e. The highest BCUT2D eigenvalue weighted by molar-refractivity contribution is 5.83. The zero-order valence-corrected chi connectivity index (χ0v) is 19.1. The van der Waals surface area contributed by atoms with Crippen molar-refractivity contribution in [2.45, 2.75) is 26.3 Å². The number of benzene rings is 2. The van der Waals surface area contributed by atoms with E-state index in [9.17, 15) is 0 Å². The molecule has 5 rings (SSSR count). The zero-order chi connectivity index (χ0) is 22.1. The van der Waals surface area contributed by atoms with Gasteiger partial charge in [0, 0.05) is 48.9 Å². The maximum atomic E-state index is 5.66. The Hall–Kier alpha value is -2.90. The lowest BCUT2D eigenvalue weighted by Gasteiger charge is -2.26. The molecular formula is C25H31N5O2. The van der Waals surface area contributed by atoms with Crippen LogP contribution in [0.15, 0.2) is 36.5 Å². The second kappa shape index (κ2) is 8.56. The number of aromatic nitrogens is 2. The summed E-state index contributed by atoms with van der Waals surface area (Å²) in [4.78, 5) is 11.6. The van der Waals surface area contributed by atoms with Crippen molar-refractivity contribution in [3.05, 3.63) is 47.7 Å². The van der Waals surface area contributed by atoms with E-state index in [-0.39, 0.29) is 5.41 Å². The van der Waals surface area contributed by atoms with Crippen LogP contribution in [-0.2, 0) is 17.7 Å². The molecule has 168 valence electrons. The molecule has 2 aliphatic heterocycles. The van der Waals surface area contributed by atoms with Crippen molar-refractivity contribution in [3.8, 4) is 5.75 Å². The maximum Gasteiger partial charge on any atom is 0.227 e. The van der Waals surface area contributed by atoms with Gasteiger partial charge in [0.05, 0.1) is 24.9 Å². The highest BCUT2D eigenvalue weighted by Gasteiger charge is 2.29. The summed E-state index contributed by atoms with van der Waals surface area (Å²) >= 11 is 0. The summed E-state index contributed by atoms with van der Waals surface area (Å²) in [6.45, 7) is 6.81. The molecule has 7 heteroatoms. The van der Waals surface area contributed by atoms with Crippen molar-refractivity contribution in [3.63, 3.8) is 0 Å². The Morgan fingerprint density at radius 2 is 2.12 bits per heavy atom. The monoisotopic (exact) mass is 433 g/mol. The molecule has 2 aromatic carbocycles. The second-order valence-electron chi connectivity index (χ2n) is 9.37. The van der Waals surface area contributed by atoms with E-state index in [2.05, 4.69) is 64.8 Å². The Bertz CT molecular complexity index is 1130. The molecule has 7 nitrogen and oxygen atoms in total. The van der Waals surface area contributed by atoms with E-state index in [4.69, 9.17) is 14.5 Å². The molecule has 0 spiro atoms. The van der Waals surface area contributed by atoms with Crippen LogP contribution < -0.4 is 15.4 Å². The summed E-state index contributed by atoms with van der Waals surface area (Å²) in [5.41, 5.74) is 5.71. The molecule has 0 saturated carbocycles. The van der Waals surface area contributed by atoms with Crippen LogP contribution in [0.1, 0.15) is 24.5 Å². The minimum Gasteiger partial charge on any atom is -0.495 e. The second-order valence-corrected chi connectivity index (χ2v) is 9.37. The van der Waals surface area contributed by atoms with Gasteiger partial charge in [-0.1, -0.05) is 6.92 Å². The van der Waals surface area contributed by atoms with Crippen LogP contribution in [0.2, 0.25) is 0 Å². The van der Waals surface area contributed by atoms with E-state index in [1.54, 1.807) is 7.11 Å². The molecule has 0 aliphatic carbocycles. The van der Waals surface area contributed by atoms with Crippen LogP contribution >= 0.6 is 0 Å². The Labute approximate surface area is 189 Å². The normalized spacial score (nSPS) is 20.8. The number of methoxy groups -OCH3 is 1. The predicted molar refractivity (Wildman–Crippen MR) is 128 cm³/mol. The van der Waals surface area contributed by atoms with Gasteiger partial charge in [-0.05, 0) is 61.3 Å². The Morgan fingerprint density at radius 3 is 2.94 bits per heavy atom. The van der Waals surface area contributed by atoms with Gasteiger partial charge in [-0.15, -0.1) is 0 Å². The Kier molecular flexibility index (Phi) is 5.61. The first-order valence-electron chi connectivity index (χ1n) is 11.3.